The van der Waals surface area contributed by atoms with Gasteiger partial charge in [0.05, 0.1) is 31.6 Å². The van der Waals surface area contributed by atoms with Gasteiger partial charge in [-0.1, -0.05) is 18.2 Å². The number of hydrogen-bond donors (Lipinski definition) is 1. The highest BCUT2D eigenvalue weighted by molar-refractivity contribution is 7.09. The van der Waals surface area contributed by atoms with Crippen LogP contribution in [0.2, 0.25) is 0 Å². The first kappa shape index (κ1) is 17.2. The van der Waals surface area contributed by atoms with Crippen LogP contribution >= 0.6 is 11.3 Å². The van der Waals surface area contributed by atoms with E-state index in [0.717, 1.165) is 55.6 Å². The number of morpholine rings is 1. The molecular weight excluding hydrogens is 370 g/mol. The fourth-order valence-electron chi connectivity index (χ4n) is 3.42. The summed E-state index contributed by atoms with van der Waals surface area (Å²) in [5, 5.41) is 10.2. The summed E-state index contributed by atoms with van der Waals surface area (Å²) < 4.78 is 7.34. The Morgan fingerprint density at radius 3 is 2.68 bits per heavy atom. The van der Waals surface area contributed by atoms with Crippen LogP contribution in [-0.4, -0.2) is 40.9 Å². The Morgan fingerprint density at radius 1 is 1.04 bits per heavy atom. The van der Waals surface area contributed by atoms with E-state index in [2.05, 4.69) is 57.0 Å². The molecule has 0 saturated carbocycles. The number of thiophene rings is 1. The Bertz CT molecular complexity index is 1050. The third-order valence-electron chi connectivity index (χ3n) is 4.93. The van der Waals surface area contributed by atoms with Gasteiger partial charge in [0.2, 0.25) is 0 Å². The highest BCUT2D eigenvalue weighted by Gasteiger charge is 2.12. The van der Waals surface area contributed by atoms with E-state index in [9.17, 15) is 0 Å². The van der Waals surface area contributed by atoms with Crippen molar-refractivity contribution in [3.05, 3.63) is 65.0 Å². The molecule has 4 aromatic rings. The summed E-state index contributed by atoms with van der Waals surface area (Å²) in [7, 11) is 0. The quantitative estimate of drug-likeness (QED) is 0.559. The van der Waals surface area contributed by atoms with Gasteiger partial charge < -0.3 is 15.0 Å². The summed E-state index contributed by atoms with van der Waals surface area (Å²) in [5.41, 5.74) is 4.16. The van der Waals surface area contributed by atoms with Crippen molar-refractivity contribution in [1.29, 1.82) is 0 Å². The zero-order valence-corrected chi connectivity index (χ0v) is 16.2. The average molecular weight is 392 g/mol. The van der Waals surface area contributed by atoms with Gasteiger partial charge in [0.1, 0.15) is 5.82 Å². The summed E-state index contributed by atoms with van der Waals surface area (Å²) in [6.45, 7) is 4.24. The van der Waals surface area contributed by atoms with E-state index in [4.69, 9.17) is 9.84 Å². The van der Waals surface area contributed by atoms with Gasteiger partial charge in [-0.25, -0.2) is 9.50 Å². The number of benzene rings is 1. The molecule has 0 atom stereocenters. The Hall–Kier alpha value is -2.90. The molecule has 0 aliphatic carbocycles. The molecule has 0 unspecified atom stereocenters. The predicted molar refractivity (Wildman–Crippen MR) is 113 cm³/mol. The highest BCUT2D eigenvalue weighted by atomic mass is 32.1. The van der Waals surface area contributed by atoms with Gasteiger partial charge in [-0.05, 0) is 35.7 Å². The van der Waals surface area contributed by atoms with E-state index in [-0.39, 0.29) is 0 Å². The van der Waals surface area contributed by atoms with Gasteiger partial charge in [-0.3, -0.25) is 0 Å². The van der Waals surface area contributed by atoms with Crippen LogP contribution in [0.1, 0.15) is 4.88 Å². The molecule has 4 heterocycles. The molecule has 0 radical (unpaired) electrons. The largest absolute Gasteiger partial charge is 0.378 e. The molecule has 0 amide bonds. The van der Waals surface area contributed by atoms with E-state index in [1.165, 1.54) is 10.6 Å². The summed E-state index contributed by atoms with van der Waals surface area (Å²) in [4.78, 5) is 8.14. The smallest absolute Gasteiger partial charge is 0.154 e. The van der Waals surface area contributed by atoms with Crippen molar-refractivity contribution >= 4 is 28.5 Å². The maximum Gasteiger partial charge on any atom is 0.154 e. The average Bonchev–Trinajstić information content (AvgIpc) is 3.43. The van der Waals surface area contributed by atoms with Crippen LogP contribution in [-0.2, 0) is 11.3 Å². The number of hydrogen-bond acceptors (Lipinski definition) is 6. The van der Waals surface area contributed by atoms with Crippen LogP contribution in [0.4, 0.5) is 11.5 Å². The fraction of sp³-hybridized carbons (Fsp3) is 0.238. The first-order valence-electron chi connectivity index (χ1n) is 9.41. The number of nitrogens with one attached hydrogen (secondary N) is 1. The van der Waals surface area contributed by atoms with Gasteiger partial charge in [0.25, 0.3) is 0 Å². The maximum absolute atomic E-state index is 5.44. The topological polar surface area (TPSA) is 54.7 Å². The summed E-state index contributed by atoms with van der Waals surface area (Å²) in [6.07, 6.45) is 1.88. The Kier molecular flexibility index (Phi) is 4.68. The lowest BCUT2D eigenvalue weighted by molar-refractivity contribution is 0.122. The normalized spacial score (nSPS) is 14.5. The lowest BCUT2D eigenvalue weighted by Crippen LogP contribution is -2.36. The number of anilines is 2. The van der Waals surface area contributed by atoms with Gasteiger partial charge in [0, 0.05) is 29.2 Å². The van der Waals surface area contributed by atoms with Gasteiger partial charge in [-0.15, -0.1) is 16.4 Å². The van der Waals surface area contributed by atoms with Crippen LogP contribution in [0.3, 0.4) is 0 Å². The Labute approximate surface area is 167 Å². The molecule has 6 nitrogen and oxygen atoms in total. The molecule has 1 aromatic carbocycles. The zero-order chi connectivity index (χ0) is 18.8. The van der Waals surface area contributed by atoms with E-state index in [1.54, 1.807) is 11.3 Å². The van der Waals surface area contributed by atoms with Crippen LogP contribution in [0.25, 0.3) is 16.9 Å². The molecule has 5 rings (SSSR count). The zero-order valence-electron chi connectivity index (χ0n) is 15.4. The summed E-state index contributed by atoms with van der Waals surface area (Å²) in [5.74, 6) is 0.838. The standard InChI is InChI=1S/C21H21N5OS/c1-2-18(28-13-1)14-22-20-7-8-21-23-15-19(26(21)24-20)16-3-5-17(6-4-16)25-9-11-27-12-10-25/h1-8,13,15H,9-12,14H2,(H,22,24). The number of imidazole rings is 1. The summed E-state index contributed by atoms with van der Waals surface area (Å²) in [6, 6.07) is 16.8. The highest BCUT2D eigenvalue weighted by Crippen LogP contribution is 2.25. The van der Waals surface area contributed by atoms with E-state index >= 15 is 0 Å². The first-order chi connectivity index (χ1) is 13.9. The van der Waals surface area contributed by atoms with E-state index in [1.807, 2.05) is 22.8 Å². The molecule has 1 fully saturated rings. The first-order valence-corrected chi connectivity index (χ1v) is 10.3. The van der Waals surface area contributed by atoms with Gasteiger partial charge >= 0.3 is 0 Å². The van der Waals surface area contributed by atoms with Crippen molar-refractivity contribution < 1.29 is 4.74 Å². The van der Waals surface area contributed by atoms with Crippen molar-refractivity contribution in [3.63, 3.8) is 0 Å². The molecule has 3 aromatic heterocycles. The lowest BCUT2D eigenvalue weighted by Gasteiger charge is -2.28. The van der Waals surface area contributed by atoms with Crippen LogP contribution in [0, 0.1) is 0 Å². The molecule has 1 N–H and O–H groups in total. The fourth-order valence-corrected chi connectivity index (χ4v) is 4.06. The van der Waals surface area contributed by atoms with E-state index in [0.29, 0.717) is 0 Å². The Morgan fingerprint density at radius 2 is 1.89 bits per heavy atom. The van der Waals surface area contributed by atoms with Crippen molar-refractivity contribution in [2.24, 2.45) is 0 Å². The lowest BCUT2D eigenvalue weighted by atomic mass is 10.1. The Balaban J connectivity index is 1.39. The van der Waals surface area contributed by atoms with Crippen LogP contribution in [0.5, 0.6) is 0 Å². The summed E-state index contributed by atoms with van der Waals surface area (Å²) >= 11 is 1.74. The third-order valence-corrected chi connectivity index (χ3v) is 5.80. The van der Waals surface area contributed by atoms with Crippen molar-refractivity contribution in [3.8, 4) is 11.3 Å². The minimum atomic E-state index is 0.772. The maximum atomic E-state index is 5.44. The van der Waals surface area contributed by atoms with E-state index < -0.39 is 0 Å². The molecule has 28 heavy (non-hydrogen) atoms. The number of nitrogens with zero attached hydrogens (tertiary/aromatic N) is 4. The molecule has 142 valence electrons. The number of aromatic nitrogens is 3. The second kappa shape index (κ2) is 7.61. The third kappa shape index (κ3) is 3.46. The van der Waals surface area contributed by atoms with Crippen molar-refractivity contribution in [1.82, 2.24) is 14.6 Å². The molecule has 0 bridgehead atoms. The molecule has 7 heteroatoms. The SMILES string of the molecule is c1csc(CNc2ccc3ncc(-c4ccc(N5CCOCC5)cc4)n3n2)c1. The van der Waals surface area contributed by atoms with Crippen LogP contribution in [0.15, 0.2) is 60.1 Å². The number of fused-ring (bicyclic) bond motifs is 1. The minimum Gasteiger partial charge on any atom is -0.378 e. The van der Waals surface area contributed by atoms with Gasteiger partial charge in [-0.2, -0.15) is 0 Å². The monoisotopic (exact) mass is 391 g/mol. The molecule has 1 saturated heterocycles. The molecule has 1 aliphatic rings. The second-order valence-corrected chi connectivity index (χ2v) is 7.74. The van der Waals surface area contributed by atoms with Crippen molar-refractivity contribution in [2.75, 3.05) is 36.5 Å². The second-order valence-electron chi connectivity index (χ2n) is 6.71. The minimum absolute atomic E-state index is 0.772. The molecule has 1 aliphatic heterocycles. The number of ether oxygens (including phenoxy) is 1. The molecular formula is C21H21N5OS. The molecule has 0 spiro atoms. The predicted octanol–water partition coefficient (Wildman–Crippen LogP) is 3.91. The van der Waals surface area contributed by atoms with Crippen LogP contribution < -0.4 is 10.2 Å². The van der Waals surface area contributed by atoms with Crippen molar-refractivity contribution in [2.45, 2.75) is 6.54 Å². The van der Waals surface area contributed by atoms with Gasteiger partial charge in [0.15, 0.2) is 5.65 Å². The number of rotatable bonds is 5.